The van der Waals surface area contributed by atoms with Crippen molar-refractivity contribution < 1.29 is 4.79 Å². The van der Waals surface area contributed by atoms with E-state index < -0.39 is 0 Å². The summed E-state index contributed by atoms with van der Waals surface area (Å²) >= 11 is 7.21. The van der Waals surface area contributed by atoms with Gasteiger partial charge in [-0.25, -0.2) is 4.98 Å². The van der Waals surface area contributed by atoms with Crippen molar-refractivity contribution in [3.63, 3.8) is 0 Å². The van der Waals surface area contributed by atoms with Gasteiger partial charge in [0.25, 0.3) is 5.56 Å². The molecule has 8 heteroatoms. The molecule has 0 bridgehead atoms. The molecule has 0 N–H and O–H groups in total. The van der Waals surface area contributed by atoms with E-state index >= 15 is 0 Å². The lowest BCUT2D eigenvalue weighted by Gasteiger charge is -2.22. The summed E-state index contributed by atoms with van der Waals surface area (Å²) in [5, 5.41) is 10.5. The first-order valence-corrected chi connectivity index (χ1v) is 11.6. The number of aromatic nitrogens is 2. The first kappa shape index (κ1) is 22.6. The van der Waals surface area contributed by atoms with Crippen LogP contribution in [0.1, 0.15) is 6.42 Å². The molecular weight excluding hydrogens is 456 g/mol. The van der Waals surface area contributed by atoms with Gasteiger partial charge in [-0.1, -0.05) is 53.7 Å². The summed E-state index contributed by atoms with van der Waals surface area (Å²) in [6.07, 6.45) is 0.217. The van der Waals surface area contributed by atoms with Crippen LogP contribution < -0.4 is 10.5 Å². The Morgan fingerprint density at radius 3 is 2.45 bits per heavy atom. The molecule has 0 atom stereocenters. The Labute approximate surface area is 200 Å². The normalized spacial score (nSPS) is 10.7. The van der Waals surface area contributed by atoms with Crippen LogP contribution >= 0.6 is 23.4 Å². The average Bonchev–Trinajstić information content (AvgIpc) is 2.84. The molecule has 164 valence electrons. The minimum absolute atomic E-state index is 0.0543. The maximum atomic E-state index is 13.3. The fourth-order valence-electron chi connectivity index (χ4n) is 3.40. The summed E-state index contributed by atoms with van der Waals surface area (Å²) in [4.78, 5) is 32.7. The number of carbonyl (C=O) groups is 1. The topological polar surface area (TPSA) is 79.0 Å². The minimum atomic E-state index is -0.220. The SMILES string of the molecule is N#CCCN(C(=O)CSc1nc2ccccc2c(=O)n1-c1ccc(Cl)cc1)c1ccccc1. The van der Waals surface area contributed by atoms with Crippen LogP contribution in [0.5, 0.6) is 0 Å². The molecule has 4 rings (SSSR count). The van der Waals surface area contributed by atoms with Crippen molar-refractivity contribution in [1.82, 2.24) is 9.55 Å². The van der Waals surface area contributed by atoms with Crippen molar-refractivity contribution in [3.05, 3.63) is 94.2 Å². The molecule has 1 aromatic heterocycles. The van der Waals surface area contributed by atoms with Crippen LogP contribution in [-0.4, -0.2) is 27.8 Å². The fraction of sp³-hybridized carbons (Fsp3) is 0.120. The summed E-state index contributed by atoms with van der Waals surface area (Å²) in [7, 11) is 0. The number of carbonyl (C=O) groups excluding carboxylic acids is 1. The second kappa shape index (κ2) is 10.3. The fourth-order valence-corrected chi connectivity index (χ4v) is 4.41. The highest BCUT2D eigenvalue weighted by Crippen LogP contribution is 2.24. The predicted molar refractivity (Wildman–Crippen MR) is 132 cm³/mol. The zero-order valence-electron chi connectivity index (χ0n) is 17.5. The highest BCUT2D eigenvalue weighted by molar-refractivity contribution is 7.99. The monoisotopic (exact) mass is 474 g/mol. The number of benzene rings is 3. The van der Waals surface area contributed by atoms with Crippen LogP contribution in [0.25, 0.3) is 16.6 Å². The Balaban J connectivity index is 1.69. The van der Waals surface area contributed by atoms with E-state index in [1.807, 2.05) is 36.4 Å². The Morgan fingerprint density at radius 1 is 1.03 bits per heavy atom. The lowest BCUT2D eigenvalue weighted by Crippen LogP contribution is -2.33. The van der Waals surface area contributed by atoms with Crippen LogP contribution in [0.15, 0.2) is 88.8 Å². The van der Waals surface area contributed by atoms with Crippen LogP contribution in [0.2, 0.25) is 5.02 Å². The Kier molecular flexibility index (Phi) is 7.08. The summed E-state index contributed by atoms with van der Waals surface area (Å²) in [5.74, 6) is -0.120. The number of hydrogen-bond donors (Lipinski definition) is 0. The van der Waals surface area contributed by atoms with Crippen LogP contribution in [0.4, 0.5) is 5.69 Å². The Bertz CT molecular complexity index is 1380. The molecular formula is C25H19ClN4O2S. The van der Waals surface area contributed by atoms with E-state index in [2.05, 4.69) is 11.1 Å². The van der Waals surface area contributed by atoms with Crippen LogP contribution in [0, 0.1) is 11.3 Å². The van der Waals surface area contributed by atoms with E-state index in [4.69, 9.17) is 16.9 Å². The van der Waals surface area contributed by atoms with Gasteiger partial charge in [-0.3, -0.25) is 14.2 Å². The van der Waals surface area contributed by atoms with Crippen molar-refractivity contribution in [2.24, 2.45) is 0 Å². The van der Waals surface area contributed by atoms with Gasteiger partial charge < -0.3 is 4.90 Å². The van der Waals surface area contributed by atoms with E-state index in [1.165, 1.54) is 16.3 Å². The van der Waals surface area contributed by atoms with Crippen molar-refractivity contribution in [3.8, 4) is 11.8 Å². The van der Waals surface area contributed by atoms with Gasteiger partial charge in [-0.2, -0.15) is 5.26 Å². The van der Waals surface area contributed by atoms with Gasteiger partial charge in [0.05, 0.1) is 34.8 Å². The summed E-state index contributed by atoms with van der Waals surface area (Å²) in [6.45, 7) is 0.287. The summed E-state index contributed by atoms with van der Waals surface area (Å²) in [6, 6.07) is 25.3. The smallest absolute Gasteiger partial charge is 0.266 e. The van der Waals surface area contributed by atoms with Gasteiger partial charge in [-0.05, 0) is 48.5 Å². The summed E-state index contributed by atoms with van der Waals surface area (Å²) < 4.78 is 1.50. The van der Waals surface area contributed by atoms with Crippen LogP contribution in [0.3, 0.4) is 0 Å². The standard InChI is InChI=1S/C25H19ClN4O2S/c26-18-11-13-20(14-12-18)30-24(32)21-9-4-5-10-22(21)28-25(30)33-17-23(31)29(16-6-15-27)19-7-2-1-3-8-19/h1-5,7-14H,6,16-17H2. The van der Waals surface area contributed by atoms with Crippen molar-refractivity contribution in [2.75, 3.05) is 17.2 Å². The molecule has 1 amide bonds. The molecule has 0 aliphatic rings. The predicted octanol–water partition coefficient (Wildman–Crippen LogP) is 5.08. The number of rotatable bonds is 7. The third kappa shape index (κ3) is 5.08. The third-order valence-corrected chi connectivity index (χ3v) is 6.15. The van der Waals surface area contributed by atoms with Crippen molar-refractivity contribution in [2.45, 2.75) is 11.6 Å². The Hall–Kier alpha value is -3.60. The van der Waals surface area contributed by atoms with E-state index in [-0.39, 0.29) is 30.2 Å². The molecule has 0 unspecified atom stereocenters. The number of thioether (sulfide) groups is 1. The third-order valence-electron chi connectivity index (χ3n) is 4.97. The highest BCUT2D eigenvalue weighted by atomic mass is 35.5. The average molecular weight is 475 g/mol. The lowest BCUT2D eigenvalue weighted by molar-refractivity contribution is -0.116. The second-order valence-corrected chi connectivity index (χ2v) is 8.49. The number of nitrogens with zero attached hydrogens (tertiary/aromatic N) is 4. The lowest BCUT2D eigenvalue weighted by atomic mass is 10.2. The van der Waals surface area contributed by atoms with E-state index in [9.17, 15) is 9.59 Å². The molecule has 0 spiro atoms. The zero-order chi connectivity index (χ0) is 23.2. The molecule has 3 aromatic carbocycles. The van der Waals surface area contributed by atoms with Crippen molar-refractivity contribution >= 4 is 45.9 Å². The van der Waals surface area contributed by atoms with Gasteiger partial charge in [0.1, 0.15) is 0 Å². The number of fused-ring (bicyclic) bond motifs is 1. The zero-order valence-corrected chi connectivity index (χ0v) is 19.1. The minimum Gasteiger partial charge on any atom is -0.311 e. The molecule has 4 aromatic rings. The first-order valence-electron chi connectivity index (χ1n) is 10.2. The summed E-state index contributed by atoms with van der Waals surface area (Å²) in [5.41, 5.74) is 1.68. The number of amides is 1. The molecule has 1 heterocycles. The van der Waals surface area contributed by atoms with Gasteiger partial charge in [0.2, 0.25) is 5.91 Å². The number of para-hydroxylation sites is 2. The maximum absolute atomic E-state index is 13.3. The number of nitriles is 1. The van der Waals surface area contributed by atoms with E-state index in [1.54, 1.807) is 47.4 Å². The van der Waals surface area contributed by atoms with E-state index in [0.717, 1.165) is 5.69 Å². The maximum Gasteiger partial charge on any atom is 0.266 e. The highest BCUT2D eigenvalue weighted by Gasteiger charge is 2.19. The Morgan fingerprint density at radius 2 is 1.73 bits per heavy atom. The second-order valence-electron chi connectivity index (χ2n) is 7.11. The molecule has 33 heavy (non-hydrogen) atoms. The van der Waals surface area contributed by atoms with E-state index in [0.29, 0.717) is 26.8 Å². The number of hydrogen-bond acceptors (Lipinski definition) is 5. The first-order chi connectivity index (χ1) is 16.1. The van der Waals surface area contributed by atoms with Gasteiger partial charge in [0.15, 0.2) is 5.16 Å². The molecule has 0 saturated carbocycles. The molecule has 0 saturated heterocycles. The molecule has 0 fully saturated rings. The van der Waals surface area contributed by atoms with Gasteiger partial charge >= 0.3 is 0 Å². The van der Waals surface area contributed by atoms with Crippen LogP contribution in [-0.2, 0) is 4.79 Å². The number of anilines is 1. The number of halogens is 1. The van der Waals surface area contributed by atoms with Crippen molar-refractivity contribution in [1.29, 1.82) is 5.26 Å². The quantitative estimate of drug-likeness (QED) is 0.276. The largest absolute Gasteiger partial charge is 0.311 e. The molecule has 0 aliphatic carbocycles. The van der Waals surface area contributed by atoms with Gasteiger partial charge in [-0.15, -0.1) is 0 Å². The van der Waals surface area contributed by atoms with Gasteiger partial charge in [0, 0.05) is 17.3 Å². The molecule has 6 nitrogen and oxygen atoms in total. The molecule has 0 radical (unpaired) electrons. The molecule has 0 aliphatic heterocycles.